The Morgan fingerprint density at radius 1 is 1.31 bits per heavy atom. The lowest BCUT2D eigenvalue weighted by Gasteiger charge is -2.31. The third kappa shape index (κ3) is 5.15. The zero-order valence-electron chi connectivity index (χ0n) is 19.1. The Morgan fingerprint density at radius 2 is 2.06 bits per heavy atom. The van der Waals surface area contributed by atoms with Gasteiger partial charge in [-0.1, -0.05) is 5.92 Å². The molecule has 2 aromatic heterocycles. The van der Waals surface area contributed by atoms with Crippen LogP contribution in [0.4, 0.5) is 29.1 Å². The number of pyridine rings is 1. The van der Waals surface area contributed by atoms with Gasteiger partial charge in [-0.2, -0.15) is 18.4 Å². The molecule has 1 aliphatic rings. The molecule has 1 N–H and O–H groups in total. The second-order valence-electron chi connectivity index (χ2n) is 8.11. The lowest BCUT2D eigenvalue weighted by atomic mass is 10.1. The van der Waals surface area contributed by atoms with Gasteiger partial charge >= 0.3 is 6.18 Å². The molecule has 11 heteroatoms. The molecule has 3 aromatic rings. The lowest BCUT2D eigenvalue weighted by Crippen LogP contribution is -2.47. The summed E-state index contributed by atoms with van der Waals surface area (Å²) in [5.41, 5.74) is -1.27. The van der Waals surface area contributed by atoms with Crippen molar-refractivity contribution in [3.05, 3.63) is 71.2 Å². The molecule has 0 aliphatic carbocycles. The van der Waals surface area contributed by atoms with Gasteiger partial charge in [-0.3, -0.25) is 9.69 Å². The average molecular weight is 496 g/mol. The summed E-state index contributed by atoms with van der Waals surface area (Å²) in [4.78, 5) is 27.6. The van der Waals surface area contributed by atoms with Gasteiger partial charge in [0.05, 0.1) is 12.1 Å². The number of carbonyl (C=O) groups is 1. The summed E-state index contributed by atoms with van der Waals surface area (Å²) in [6.45, 7) is 1.58. The molecule has 1 aromatic carbocycles. The quantitative estimate of drug-likeness (QED) is 0.432. The fraction of sp³-hybridized carbons (Fsp3) is 0.280. The Morgan fingerprint density at radius 3 is 2.69 bits per heavy atom. The summed E-state index contributed by atoms with van der Waals surface area (Å²) in [6, 6.07) is 6.82. The van der Waals surface area contributed by atoms with Gasteiger partial charge < -0.3 is 9.88 Å². The summed E-state index contributed by atoms with van der Waals surface area (Å²) in [6.07, 6.45) is -0.786. The molecule has 1 atom stereocenters. The first-order chi connectivity index (χ1) is 17.2. The molecule has 0 unspecified atom stereocenters. The second kappa shape index (κ2) is 10.1. The van der Waals surface area contributed by atoms with Crippen molar-refractivity contribution in [3.8, 4) is 17.9 Å². The third-order valence-electron chi connectivity index (χ3n) is 5.70. The van der Waals surface area contributed by atoms with Crippen molar-refractivity contribution in [3.63, 3.8) is 0 Å². The minimum absolute atomic E-state index is 0.0738. The Hall–Kier alpha value is -4.38. The number of nitriles is 1. The van der Waals surface area contributed by atoms with E-state index >= 15 is 0 Å². The molecule has 0 spiro atoms. The van der Waals surface area contributed by atoms with Crippen LogP contribution >= 0.6 is 0 Å². The normalized spacial score (nSPS) is 15.2. The number of imidazole rings is 1. The van der Waals surface area contributed by atoms with E-state index in [1.54, 1.807) is 12.3 Å². The highest BCUT2D eigenvalue weighted by molar-refractivity contribution is 6.00. The molecule has 36 heavy (non-hydrogen) atoms. The number of aromatic nitrogens is 3. The maximum absolute atomic E-state index is 13.7. The third-order valence-corrected chi connectivity index (χ3v) is 5.70. The predicted octanol–water partition coefficient (Wildman–Crippen LogP) is 4.20. The summed E-state index contributed by atoms with van der Waals surface area (Å²) in [5, 5.41) is 9.58. The van der Waals surface area contributed by atoms with Gasteiger partial charge in [-0.15, -0.1) is 0 Å². The number of amides is 1. The number of carbonyl (C=O) groups excluding carboxylic acids is 1. The number of aromatic amines is 1. The van der Waals surface area contributed by atoms with E-state index in [4.69, 9.17) is 0 Å². The number of aryl methyl sites for hydroxylation is 1. The van der Waals surface area contributed by atoms with Gasteiger partial charge in [0.1, 0.15) is 29.3 Å². The van der Waals surface area contributed by atoms with Crippen LogP contribution < -0.4 is 9.80 Å². The van der Waals surface area contributed by atoms with E-state index in [-0.39, 0.29) is 24.6 Å². The lowest BCUT2D eigenvalue weighted by molar-refractivity contribution is -0.137. The first-order valence-corrected chi connectivity index (χ1v) is 11.0. The van der Waals surface area contributed by atoms with E-state index in [0.29, 0.717) is 24.4 Å². The molecule has 0 bridgehead atoms. The molecule has 1 amide bonds. The van der Waals surface area contributed by atoms with Crippen molar-refractivity contribution in [1.29, 1.82) is 5.26 Å². The number of nitrogens with one attached hydrogen (secondary N) is 1. The highest BCUT2D eigenvalue weighted by atomic mass is 19.4. The molecule has 1 saturated heterocycles. The van der Waals surface area contributed by atoms with E-state index in [1.807, 2.05) is 0 Å². The predicted molar refractivity (Wildman–Crippen MR) is 123 cm³/mol. The molecule has 1 aliphatic heterocycles. The fourth-order valence-electron chi connectivity index (χ4n) is 4.11. The van der Waals surface area contributed by atoms with Crippen molar-refractivity contribution in [2.45, 2.75) is 32.0 Å². The summed E-state index contributed by atoms with van der Waals surface area (Å²) < 4.78 is 54.5. The van der Waals surface area contributed by atoms with Crippen LogP contribution in [0.5, 0.6) is 0 Å². The topological polar surface area (TPSA) is 88.9 Å². The van der Waals surface area contributed by atoms with Crippen molar-refractivity contribution in [2.75, 3.05) is 22.9 Å². The summed E-state index contributed by atoms with van der Waals surface area (Å²) in [5.74, 6) is 4.93. The Bertz CT molecular complexity index is 1350. The van der Waals surface area contributed by atoms with Crippen LogP contribution in [0.2, 0.25) is 0 Å². The zero-order chi connectivity index (χ0) is 25.9. The van der Waals surface area contributed by atoms with Gasteiger partial charge in [-0.05, 0) is 56.0 Å². The minimum Gasteiger partial charge on any atom is -0.343 e. The number of hydrogen-bond acceptors (Lipinski definition) is 5. The number of hydrogen-bond donors (Lipinski definition) is 1. The maximum Gasteiger partial charge on any atom is 0.417 e. The average Bonchev–Trinajstić information content (AvgIpc) is 3.53. The summed E-state index contributed by atoms with van der Waals surface area (Å²) >= 11 is 0. The molecule has 0 radical (unpaired) electrons. The largest absolute Gasteiger partial charge is 0.417 e. The molecule has 7 nitrogen and oxygen atoms in total. The number of H-pyrrole nitrogens is 1. The first-order valence-electron chi connectivity index (χ1n) is 11.0. The summed E-state index contributed by atoms with van der Waals surface area (Å²) in [7, 11) is 0. The zero-order valence-corrected chi connectivity index (χ0v) is 19.1. The standard InChI is InChI=1S/C25H20F4N6O/c1-16-14-20(25(27,28)29)19(15-30)23(33-16)35-13-2-4-21(35)24(36)34(18-8-6-17(26)7-9-18)12-3-5-22-31-10-11-32-22/h6-11,14,21H,2,4,12-13H2,1H3,(H,31,32)/t21-/m0/s1. The molecule has 3 heterocycles. The Labute approximate surface area is 204 Å². The Kier molecular flexibility index (Phi) is 6.93. The smallest absolute Gasteiger partial charge is 0.343 e. The monoisotopic (exact) mass is 496 g/mol. The van der Waals surface area contributed by atoms with Crippen molar-refractivity contribution >= 4 is 17.4 Å². The Balaban J connectivity index is 1.71. The highest BCUT2D eigenvalue weighted by Crippen LogP contribution is 2.38. The van der Waals surface area contributed by atoms with Gasteiger partial charge in [-0.25, -0.2) is 14.4 Å². The molecular weight excluding hydrogens is 476 g/mol. The van der Waals surface area contributed by atoms with Crippen molar-refractivity contribution < 1.29 is 22.4 Å². The van der Waals surface area contributed by atoms with Crippen LogP contribution in [0.15, 0.2) is 42.7 Å². The fourth-order valence-corrected chi connectivity index (χ4v) is 4.11. The van der Waals surface area contributed by atoms with E-state index in [0.717, 1.165) is 6.07 Å². The second-order valence-corrected chi connectivity index (χ2v) is 8.11. The number of benzene rings is 1. The molecule has 184 valence electrons. The van der Waals surface area contributed by atoms with Crippen molar-refractivity contribution in [2.24, 2.45) is 0 Å². The van der Waals surface area contributed by atoms with Crippen LogP contribution in [-0.4, -0.2) is 40.0 Å². The number of nitrogens with zero attached hydrogens (tertiary/aromatic N) is 5. The van der Waals surface area contributed by atoms with Crippen LogP contribution in [0, 0.1) is 35.9 Å². The van der Waals surface area contributed by atoms with Crippen LogP contribution in [0.1, 0.15) is 35.5 Å². The first kappa shape index (κ1) is 24.7. The number of anilines is 2. The van der Waals surface area contributed by atoms with Gasteiger partial charge in [0.25, 0.3) is 5.91 Å². The van der Waals surface area contributed by atoms with Crippen molar-refractivity contribution in [1.82, 2.24) is 15.0 Å². The van der Waals surface area contributed by atoms with E-state index in [9.17, 15) is 27.6 Å². The van der Waals surface area contributed by atoms with Gasteiger partial charge in [0, 0.05) is 30.3 Å². The molecule has 4 rings (SSSR count). The van der Waals surface area contributed by atoms with Crippen LogP contribution in [0.25, 0.3) is 0 Å². The van der Waals surface area contributed by atoms with E-state index in [1.165, 1.54) is 47.2 Å². The molecular formula is C25H20F4N6O. The number of alkyl halides is 3. The van der Waals surface area contributed by atoms with Gasteiger partial charge in [0.15, 0.2) is 5.82 Å². The molecule has 1 fully saturated rings. The number of rotatable bonds is 4. The van der Waals surface area contributed by atoms with E-state index < -0.39 is 35.1 Å². The molecule has 0 saturated carbocycles. The SMILES string of the molecule is Cc1cc(C(F)(F)F)c(C#N)c(N2CCC[C@H]2C(=O)N(CC#Cc2ncc[nH]2)c2ccc(F)cc2)n1. The minimum atomic E-state index is -4.76. The maximum atomic E-state index is 13.7. The number of halogens is 4. The highest BCUT2D eigenvalue weighted by Gasteiger charge is 2.40. The van der Waals surface area contributed by atoms with E-state index in [2.05, 4.69) is 26.8 Å². The van der Waals surface area contributed by atoms with Gasteiger partial charge in [0.2, 0.25) is 0 Å². The van der Waals surface area contributed by atoms with Crippen LogP contribution in [-0.2, 0) is 11.0 Å². The van der Waals surface area contributed by atoms with Crippen LogP contribution in [0.3, 0.4) is 0 Å².